The molecule has 0 radical (unpaired) electrons. The molecular formula is C18H26N2O3. The molecule has 0 bridgehead atoms. The van der Waals surface area contributed by atoms with Gasteiger partial charge in [0.25, 0.3) is 5.91 Å². The number of benzene rings is 1. The molecule has 0 saturated carbocycles. The van der Waals surface area contributed by atoms with Gasteiger partial charge in [-0.3, -0.25) is 4.79 Å². The second kappa shape index (κ2) is 7.62. The van der Waals surface area contributed by atoms with Crippen LogP contribution in [0.3, 0.4) is 0 Å². The number of carbonyl (C=O) groups is 1. The van der Waals surface area contributed by atoms with Crippen molar-refractivity contribution < 1.29 is 14.6 Å². The maximum absolute atomic E-state index is 12.3. The SMILES string of the molecule is Cc1ccc2[nH]c(C(=O)NCC(O)COCC(C)C)c(C)c2c1. The van der Waals surface area contributed by atoms with Crippen LogP contribution in [0.15, 0.2) is 18.2 Å². The van der Waals surface area contributed by atoms with E-state index in [1.807, 2.05) is 26.0 Å². The molecule has 0 fully saturated rings. The molecule has 2 rings (SSSR count). The number of aromatic nitrogens is 1. The van der Waals surface area contributed by atoms with Crippen molar-refractivity contribution in [3.05, 3.63) is 35.0 Å². The lowest BCUT2D eigenvalue weighted by Crippen LogP contribution is -2.35. The summed E-state index contributed by atoms with van der Waals surface area (Å²) >= 11 is 0. The zero-order chi connectivity index (χ0) is 17.0. The minimum Gasteiger partial charge on any atom is -0.389 e. The normalized spacial score (nSPS) is 12.8. The van der Waals surface area contributed by atoms with Crippen molar-refractivity contribution in [2.24, 2.45) is 5.92 Å². The summed E-state index contributed by atoms with van der Waals surface area (Å²) in [6, 6.07) is 6.05. The van der Waals surface area contributed by atoms with E-state index in [9.17, 15) is 9.90 Å². The highest BCUT2D eigenvalue weighted by molar-refractivity contribution is 6.01. The number of hydrogen-bond acceptors (Lipinski definition) is 3. The molecule has 3 N–H and O–H groups in total. The minimum absolute atomic E-state index is 0.171. The van der Waals surface area contributed by atoms with Gasteiger partial charge in [0.2, 0.25) is 0 Å². The van der Waals surface area contributed by atoms with E-state index in [0.29, 0.717) is 18.2 Å². The predicted molar refractivity (Wildman–Crippen MR) is 91.8 cm³/mol. The van der Waals surface area contributed by atoms with Gasteiger partial charge in [0.05, 0.1) is 12.7 Å². The number of H-pyrrole nitrogens is 1. The Morgan fingerprint density at radius 1 is 1.30 bits per heavy atom. The van der Waals surface area contributed by atoms with E-state index in [2.05, 4.69) is 30.2 Å². The second-order valence-corrected chi connectivity index (χ2v) is 6.47. The number of aromatic amines is 1. The van der Waals surface area contributed by atoms with Crippen LogP contribution in [-0.2, 0) is 4.74 Å². The molecule has 0 aliphatic carbocycles. The summed E-state index contributed by atoms with van der Waals surface area (Å²) in [5.41, 5.74) is 3.57. The highest BCUT2D eigenvalue weighted by Gasteiger charge is 2.16. The van der Waals surface area contributed by atoms with Crippen LogP contribution in [0.1, 0.15) is 35.5 Å². The number of aliphatic hydroxyl groups excluding tert-OH is 1. The van der Waals surface area contributed by atoms with E-state index < -0.39 is 6.10 Å². The Bertz CT molecular complexity index is 676. The molecular weight excluding hydrogens is 292 g/mol. The van der Waals surface area contributed by atoms with Gasteiger partial charge in [0.15, 0.2) is 0 Å². The Labute approximate surface area is 137 Å². The fourth-order valence-electron chi connectivity index (χ4n) is 2.47. The lowest BCUT2D eigenvalue weighted by molar-refractivity contribution is 0.0259. The van der Waals surface area contributed by atoms with Crippen molar-refractivity contribution in [3.63, 3.8) is 0 Å². The number of nitrogens with one attached hydrogen (secondary N) is 2. The van der Waals surface area contributed by atoms with Crippen molar-refractivity contribution in [1.29, 1.82) is 0 Å². The van der Waals surface area contributed by atoms with Crippen LogP contribution < -0.4 is 5.32 Å². The first-order valence-electron chi connectivity index (χ1n) is 8.01. The van der Waals surface area contributed by atoms with Gasteiger partial charge < -0.3 is 20.1 Å². The third-order valence-electron chi connectivity index (χ3n) is 3.70. The third-order valence-corrected chi connectivity index (χ3v) is 3.70. The molecule has 23 heavy (non-hydrogen) atoms. The average Bonchev–Trinajstić information content (AvgIpc) is 2.81. The van der Waals surface area contributed by atoms with Crippen LogP contribution in [0.2, 0.25) is 0 Å². The fourth-order valence-corrected chi connectivity index (χ4v) is 2.47. The van der Waals surface area contributed by atoms with Crippen LogP contribution >= 0.6 is 0 Å². The summed E-state index contributed by atoms with van der Waals surface area (Å²) in [5, 5.41) is 13.7. The van der Waals surface area contributed by atoms with Gasteiger partial charge in [0, 0.05) is 24.1 Å². The molecule has 1 amide bonds. The number of aryl methyl sites for hydroxylation is 2. The van der Waals surface area contributed by atoms with E-state index >= 15 is 0 Å². The molecule has 1 unspecified atom stereocenters. The van der Waals surface area contributed by atoms with Gasteiger partial charge in [-0.2, -0.15) is 0 Å². The highest BCUT2D eigenvalue weighted by atomic mass is 16.5. The van der Waals surface area contributed by atoms with E-state index in [1.54, 1.807) is 0 Å². The van der Waals surface area contributed by atoms with Crippen LogP contribution in [0.25, 0.3) is 10.9 Å². The Hall–Kier alpha value is -1.85. The Kier molecular flexibility index (Phi) is 5.80. The Morgan fingerprint density at radius 2 is 2.04 bits per heavy atom. The summed E-state index contributed by atoms with van der Waals surface area (Å²) in [4.78, 5) is 15.5. The largest absolute Gasteiger partial charge is 0.389 e. The number of carbonyl (C=O) groups excluding carboxylic acids is 1. The standard InChI is InChI=1S/C18H26N2O3/c1-11(2)9-23-10-14(21)8-19-18(22)17-13(4)15-7-12(3)5-6-16(15)20-17/h5-7,11,14,20-21H,8-10H2,1-4H3,(H,19,22). The Morgan fingerprint density at radius 3 is 2.74 bits per heavy atom. The zero-order valence-corrected chi connectivity index (χ0v) is 14.3. The second-order valence-electron chi connectivity index (χ2n) is 6.47. The van der Waals surface area contributed by atoms with Crippen molar-refractivity contribution in [3.8, 4) is 0 Å². The topological polar surface area (TPSA) is 74.4 Å². The van der Waals surface area contributed by atoms with Crippen molar-refractivity contribution >= 4 is 16.8 Å². The summed E-state index contributed by atoms with van der Waals surface area (Å²) < 4.78 is 5.37. The summed E-state index contributed by atoms with van der Waals surface area (Å²) in [5.74, 6) is 0.216. The summed E-state index contributed by atoms with van der Waals surface area (Å²) in [7, 11) is 0. The first kappa shape index (κ1) is 17.5. The number of amides is 1. The lowest BCUT2D eigenvalue weighted by atomic mass is 10.1. The molecule has 1 heterocycles. The number of hydrogen-bond donors (Lipinski definition) is 3. The fraction of sp³-hybridized carbons (Fsp3) is 0.500. The molecule has 126 valence electrons. The molecule has 0 saturated heterocycles. The third kappa shape index (κ3) is 4.56. The smallest absolute Gasteiger partial charge is 0.268 e. The number of ether oxygens (including phenoxy) is 1. The average molecular weight is 318 g/mol. The molecule has 1 atom stereocenters. The van der Waals surface area contributed by atoms with Crippen molar-refractivity contribution in [2.45, 2.75) is 33.8 Å². The zero-order valence-electron chi connectivity index (χ0n) is 14.3. The van der Waals surface area contributed by atoms with E-state index in [4.69, 9.17) is 4.74 Å². The molecule has 5 nitrogen and oxygen atoms in total. The highest BCUT2D eigenvalue weighted by Crippen LogP contribution is 2.22. The molecule has 5 heteroatoms. The lowest BCUT2D eigenvalue weighted by Gasteiger charge is -2.13. The molecule has 0 aliphatic heterocycles. The quantitative estimate of drug-likeness (QED) is 0.734. The van der Waals surface area contributed by atoms with Gasteiger partial charge >= 0.3 is 0 Å². The predicted octanol–water partition coefficient (Wildman–Crippen LogP) is 2.55. The van der Waals surface area contributed by atoms with E-state index in [0.717, 1.165) is 22.0 Å². The minimum atomic E-state index is -0.704. The van der Waals surface area contributed by atoms with Crippen molar-refractivity contribution in [2.75, 3.05) is 19.8 Å². The summed E-state index contributed by atoms with van der Waals surface area (Å²) in [6.45, 7) is 9.05. The monoisotopic (exact) mass is 318 g/mol. The number of fused-ring (bicyclic) bond motifs is 1. The van der Waals surface area contributed by atoms with E-state index in [1.165, 1.54) is 0 Å². The Balaban J connectivity index is 1.94. The molecule has 0 aliphatic rings. The van der Waals surface area contributed by atoms with Crippen LogP contribution in [0, 0.1) is 19.8 Å². The number of aliphatic hydroxyl groups is 1. The van der Waals surface area contributed by atoms with Crippen LogP contribution in [-0.4, -0.2) is 41.9 Å². The molecule has 1 aromatic heterocycles. The molecule has 2 aromatic rings. The van der Waals surface area contributed by atoms with Crippen molar-refractivity contribution in [1.82, 2.24) is 10.3 Å². The van der Waals surface area contributed by atoms with E-state index in [-0.39, 0.29) is 19.1 Å². The van der Waals surface area contributed by atoms with Gasteiger partial charge in [0.1, 0.15) is 5.69 Å². The van der Waals surface area contributed by atoms with Crippen LogP contribution in [0.4, 0.5) is 0 Å². The maximum atomic E-state index is 12.3. The van der Waals surface area contributed by atoms with Gasteiger partial charge in [-0.1, -0.05) is 25.5 Å². The number of rotatable bonds is 7. The van der Waals surface area contributed by atoms with Gasteiger partial charge in [-0.25, -0.2) is 0 Å². The van der Waals surface area contributed by atoms with Gasteiger partial charge in [-0.05, 0) is 37.5 Å². The van der Waals surface area contributed by atoms with Gasteiger partial charge in [-0.15, -0.1) is 0 Å². The first-order valence-corrected chi connectivity index (χ1v) is 8.01. The maximum Gasteiger partial charge on any atom is 0.268 e. The molecule has 0 spiro atoms. The van der Waals surface area contributed by atoms with Crippen LogP contribution in [0.5, 0.6) is 0 Å². The molecule has 1 aromatic carbocycles. The first-order chi connectivity index (χ1) is 10.9. The summed E-state index contributed by atoms with van der Waals surface area (Å²) in [6.07, 6.45) is -0.704.